The molecule has 0 aliphatic heterocycles. The molecule has 0 aliphatic rings. The van der Waals surface area contributed by atoms with Gasteiger partial charge in [-0.15, -0.1) is 0 Å². The number of hydrogen-bond donors (Lipinski definition) is 3. The fourth-order valence-corrected chi connectivity index (χ4v) is 6.80. The zero-order valence-electron chi connectivity index (χ0n) is 35.3. The topological polar surface area (TPSA) is 119 Å². The van der Waals surface area contributed by atoms with E-state index in [-0.39, 0.29) is 18.0 Å². The predicted molar refractivity (Wildman–Crippen MR) is 230 cm³/mol. The van der Waals surface area contributed by atoms with Gasteiger partial charge < -0.3 is 20.9 Å². The number of nitrogens with two attached hydrogens (primary N) is 1. The van der Waals surface area contributed by atoms with Crippen LogP contribution >= 0.6 is 0 Å². The Balaban J connectivity index is 4.13. The Morgan fingerprint density at radius 3 is 1.48 bits per heavy atom. The van der Waals surface area contributed by atoms with Crippen LogP contribution in [-0.2, 0) is 19.1 Å². The second kappa shape index (κ2) is 41.7. The van der Waals surface area contributed by atoms with Crippen LogP contribution in [0.3, 0.4) is 0 Å². The number of nitrogens with one attached hydrogen (secondary N) is 1. The van der Waals surface area contributed by atoms with Crippen LogP contribution in [0.4, 0.5) is 0 Å². The van der Waals surface area contributed by atoms with Crippen LogP contribution in [0.2, 0.25) is 0 Å². The number of hydrogen-bond acceptors (Lipinski definition) is 5. The van der Waals surface area contributed by atoms with Crippen LogP contribution in [-0.4, -0.2) is 41.6 Å². The number of carbonyl (C=O) groups excluding carboxylic acids is 2. The van der Waals surface area contributed by atoms with Gasteiger partial charge in [0.05, 0.1) is 0 Å². The van der Waals surface area contributed by atoms with Crippen LogP contribution < -0.4 is 11.1 Å². The molecular formula is C47H86N2O5. The molecule has 0 aromatic carbocycles. The number of esters is 1. The number of carboxylic acids is 1. The third-order valence-corrected chi connectivity index (χ3v) is 10.2. The third-order valence-electron chi connectivity index (χ3n) is 10.2. The highest BCUT2D eigenvalue weighted by atomic mass is 16.5. The molecule has 0 fully saturated rings. The molecule has 0 aliphatic carbocycles. The van der Waals surface area contributed by atoms with Gasteiger partial charge in [-0.25, -0.2) is 4.79 Å². The number of allylic oxidation sites excluding steroid dienone is 5. The van der Waals surface area contributed by atoms with Gasteiger partial charge in [-0.2, -0.15) is 0 Å². The quantitative estimate of drug-likeness (QED) is 0.0324. The highest BCUT2D eigenvalue weighted by Crippen LogP contribution is 2.17. The van der Waals surface area contributed by atoms with E-state index >= 15 is 0 Å². The standard InChI is InChI=1S/C47H86N2O5/c1-3-5-7-9-11-13-14-15-16-17-18-19-20-21-22-23-24-25-27-29-35-41-46(51)54-43(37-32-28-26-12-10-8-6-4-2)38-33-30-31-34-40-45(50)49-44(47(52)53)39-36-42-48/h6,8,12,26,32,37,43-44H,3-5,7,9-11,13-25,27-31,33-36,38-42,48H2,1-2H3,(H,49,50)(H,52,53)/b8-6-,26-12-,37-32-. The highest BCUT2D eigenvalue weighted by molar-refractivity contribution is 5.83. The minimum Gasteiger partial charge on any atom is -0.480 e. The van der Waals surface area contributed by atoms with E-state index in [1.807, 2.05) is 6.08 Å². The molecule has 7 nitrogen and oxygen atoms in total. The normalized spacial score (nSPS) is 12.9. The molecule has 0 radical (unpaired) electrons. The zero-order valence-corrected chi connectivity index (χ0v) is 35.3. The molecule has 1 amide bonds. The number of carboxylic acid groups (broad SMARTS) is 1. The Kier molecular flexibility index (Phi) is 39.9. The molecule has 0 saturated carbocycles. The van der Waals surface area contributed by atoms with Crippen molar-refractivity contribution in [1.29, 1.82) is 0 Å². The van der Waals surface area contributed by atoms with Gasteiger partial charge in [-0.1, -0.05) is 185 Å². The molecule has 0 aromatic heterocycles. The summed E-state index contributed by atoms with van der Waals surface area (Å²) in [4.78, 5) is 36.3. The van der Waals surface area contributed by atoms with Crippen LogP contribution in [0, 0.1) is 0 Å². The molecule has 0 bridgehead atoms. The summed E-state index contributed by atoms with van der Waals surface area (Å²) in [5.41, 5.74) is 5.48. The van der Waals surface area contributed by atoms with Crippen LogP contribution in [0.5, 0.6) is 0 Å². The van der Waals surface area contributed by atoms with Gasteiger partial charge in [-0.05, 0) is 70.4 Å². The summed E-state index contributed by atoms with van der Waals surface area (Å²) in [6, 6.07) is -0.875. The number of rotatable bonds is 41. The Bertz CT molecular complexity index is 946. The summed E-state index contributed by atoms with van der Waals surface area (Å²) >= 11 is 0. The van der Waals surface area contributed by atoms with Gasteiger partial charge in [-0.3, -0.25) is 9.59 Å². The van der Waals surface area contributed by atoms with E-state index in [0.717, 1.165) is 57.8 Å². The van der Waals surface area contributed by atoms with E-state index in [1.165, 1.54) is 122 Å². The van der Waals surface area contributed by atoms with Crippen molar-refractivity contribution in [3.8, 4) is 0 Å². The molecule has 0 spiro atoms. The van der Waals surface area contributed by atoms with Crippen molar-refractivity contribution < 1.29 is 24.2 Å². The summed E-state index contributed by atoms with van der Waals surface area (Å²) in [5, 5.41) is 11.9. The lowest BCUT2D eigenvalue weighted by atomic mass is 10.0. The maximum Gasteiger partial charge on any atom is 0.326 e. The summed E-state index contributed by atoms with van der Waals surface area (Å²) in [6.07, 6.45) is 49.4. The number of unbranched alkanes of at least 4 members (excludes halogenated alkanes) is 23. The van der Waals surface area contributed by atoms with E-state index < -0.39 is 12.0 Å². The number of amides is 1. The Labute approximate surface area is 333 Å². The van der Waals surface area contributed by atoms with Crippen LogP contribution in [0.25, 0.3) is 0 Å². The monoisotopic (exact) mass is 759 g/mol. The summed E-state index contributed by atoms with van der Waals surface area (Å²) in [5.74, 6) is -1.36. The van der Waals surface area contributed by atoms with E-state index in [9.17, 15) is 19.5 Å². The van der Waals surface area contributed by atoms with E-state index in [0.29, 0.717) is 38.6 Å². The zero-order chi connectivity index (χ0) is 39.6. The van der Waals surface area contributed by atoms with Crippen LogP contribution in [0.1, 0.15) is 226 Å². The molecule has 0 aromatic rings. The van der Waals surface area contributed by atoms with Gasteiger partial charge in [0, 0.05) is 12.8 Å². The highest BCUT2D eigenvalue weighted by Gasteiger charge is 2.19. The molecule has 314 valence electrons. The van der Waals surface area contributed by atoms with Crippen molar-refractivity contribution in [2.24, 2.45) is 5.73 Å². The summed E-state index contributed by atoms with van der Waals surface area (Å²) in [6.45, 7) is 4.82. The fraction of sp³-hybridized carbons (Fsp3) is 0.809. The van der Waals surface area contributed by atoms with Crippen molar-refractivity contribution in [3.05, 3.63) is 36.5 Å². The van der Waals surface area contributed by atoms with Crippen molar-refractivity contribution in [1.82, 2.24) is 5.32 Å². The molecule has 0 saturated heterocycles. The molecule has 4 N–H and O–H groups in total. The molecule has 0 heterocycles. The molecular weight excluding hydrogens is 673 g/mol. The molecule has 2 atom stereocenters. The lowest BCUT2D eigenvalue weighted by molar-refractivity contribution is -0.147. The summed E-state index contributed by atoms with van der Waals surface area (Å²) < 4.78 is 5.91. The Hall–Kier alpha value is -2.41. The first-order chi connectivity index (χ1) is 26.4. The summed E-state index contributed by atoms with van der Waals surface area (Å²) in [7, 11) is 0. The maximum atomic E-state index is 12.7. The lowest BCUT2D eigenvalue weighted by Crippen LogP contribution is -2.40. The predicted octanol–water partition coefficient (Wildman–Crippen LogP) is 13.0. The third kappa shape index (κ3) is 37.9. The first-order valence-electron chi connectivity index (χ1n) is 22.8. The minimum atomic E-state index is -1.02. The number of carbonyl (C=O) groups is 3. The average molecular weight is 759 g/mol. The number of ether oxygens (including phenoxy) is 1. The van der Waals surface area contributed by atoms with Crippen molar-refractivity contribution in [2.45, 2.75) is 238 Å². The molecule has 7 heteroatoms. The average Bonchev–Trinajstić information content (AvgIpc) is 3.16. The maximum absolute atomic E-state index is 12.7. The van der Waals surface area contributed by atoms with E-state index in [1.54, 1.807) is 0 Å². The van der Waals surface area contributed by atoms with Crippen molar-refractivity contribution in [3.63, 3.8) is 0 Å². The van der Waals surface area contributed by atoms with Crippen molar-refractivity contribution >= 4 is 17.8 Å². The van der Waals surface area contributed by atoms with Crippen molar-refractivity contribution in [2.75, 3.05) is 6.54 Å². The first kappa shape index (κ1) is 51.6. The molecule has 54 heavy (non-hydrogen) atoms. The van der Waals surface area contributed by atoms with E-state index in [2.05, 4.69) is 49.5 Å². The van der Waals surface area contributed by atoms with Gasteiger partial charge in [0.2, 0.25) is 5.91 Å². The molecule has 2 unspecified atom stereocenters. The first-order valence-corrected chi connectivity index (χ1v) is 22.8. The second-order valence-corrected chi connectivity index (χ2v) is 15.4. The fourth-order valence-electron chi connectivity index (χ4n) is 6.80. The van der Waals surface area contributed by atoms with E-state index in [4.69, 9.17) is 10.5 Å². The SMILES string of the molecule is CC/C=C\C/C=C\C/C=C\C(CCCCCCC(=O)NC(CCCN)C(=O)O)OC(=O)CCCCCCCCCCCCCCCCCCCCCCC. The van der Waals surface area contributed by atoms with Gasteiger partial charge in [0.1, 0.15) is 12.1 Å². The van der Waals surface area contributed by atoms with Crippen LogP contribution in [0.15, 0.2) is 36.5 Å². The lowest BCUT2D eigenvalue weighted by Gasteiger charge is -2.15. The Morgan fingerprint density at radius 1 is 0.556 bits per heavy atom. The smallest absolute Gasteiger partial charge is 0.326 e. The van der Waals surface area contributed by atoms with Gasteiger partial charge >= 0.3 is 11.9 Å². The second-order valence-electron chi connectivity index (χ2n) is 15.4. The van der Waals surface area contributed by atoms with Gasteiger partial charge in [0.25, 0.3) is 0 Å². The Morgan fingerprint density at radius 2 is 1.00 bits per heavy atom. The minimum absolute atomic E-state index is 0.109. The number of aliphatic carboxylic acids is 1. The largest absolute Gasteiger partial charge is 0.480 e. The molecule has 0 rings (SSSR count). The van der Waals surface area contributed by atoms with Gasteiger partial charge in [0.15, 0.2) is 0 Å².